The molecule has 0 aliphatic carbocycles. The van der Waals surface area contributed by atoms with Gasteiger partial charge in [-0.3, -0.25) is 4.79 Å². The van der Waals surface area contributed by atoms with Gasteiger partial charge < -0.3 is 19.6 Å². The molecule has 0 spiro atoms. The molecule has 1 heterocycles. The Labute approximate surface area is 152 Å². The fourth-order valence-electron chi connectivity index (χ4n) is 2.63. The predicted molar refractivity (Wildman–Crippen MR) is 103 cm³/mol. The minimum absolute atomic E-state index is 0.0973. The van der Waals surface area contributed by atoms with Crippen LogP contribution >= 0.6 is 0 Å². The third kappa shape index (κ3) is 5.06. The molecule has 1 N–H and O–H groups in total. The average molecular weight is 346 g/mol. The SMILES string of the molecule is CCN1CCN(C(=O)c2ccc(BOC(C)(C)C(C)(C)O)cc2)CC1. The van der Waals surface area contributed by atoms with Gasteiger partial charge in [0.15, 0.2) is 0 Å². The maximum absolute atomic E-state index is 12.6. The third-order valence-electron chi connectivity index (χ3n) is 5.38. The van der Waals surface area contributed by atoms with Gasteiger partial charge in [0.2, 0.25) is 0 Å². The van der Waals surface area contributed by atoms with Crippen molar-refractivity contribution in [2.24, 2.45) is 0 Å². The van der Waals surface area contributed by atoms with Crippen LogP contribution in [-0.2, 0) is 4.65 Å². The Morgan fingerprint density at radius 1 is 1.12 bits per heavy atom. The average Bonchev–Trinajstić information content (AvgIpc) is 2.59. The largest absolute Gasteiger partial charge is 0.427 e. The number of likely N-dealkylation sites (N-methyl/N-ethyl adjacent to an activating group) is 1. The first-order valence-corrected chi connectivity index (χ1v) is 9.11. The summed E-state index contributed by atoms with van der Waals surface area (Å²) in [6.07, 6.45) is 0. The molecular weight excluding hydrogens is 315 g/mol. The van der Waals surface area contributed by atoms with Gasteiger partial charge in [0, 0.05) is 31.7 Å². The molecule has 25 heavy (non-hydrogen) atoms. The maximum atomic E-state index is 12.6. The second-order valence-electron chi connectivity index (χ2n) is 7.78. The number of nitrogens with zero attached hydrogens (tertiary/aromatic N) is 2. The zero-order valence-corrected chi connectivity index (χ0v) is 16.2. The highest BCUT2D eigenvalue weighted by Gasteiger charge is 2.35. The Morgan fingerprint density at radius 2 is 1.68 bits per heavy atom. The molecule has 5 nitrogen and oxygen atoms in total. The molecule has 0 atom stereocenters. The lowest BCUT2D eigenvalue weighted by Gasteiger charge is -2.37. The Bertz CT molecular complexity index is 573. The van der Waals surface area contributed by atoms with Crippen molar-refractivity contribution < 1.29 is 14.6 Å². The van der Waals surface area contributed by atoms with E-state index in [4.69, 9.17) is 4.65 Å². The van der Waals surface area contributed by atoms with Gasteiger partial charge in [-0.1, -0.05) is 24.5 Å². The Hall–Kier alpha value is -1.37. The first-order valence-electron chi connectivity index (χ1n) is 9.11. The summed E-state index contributed by atoms with van der Waals surface area (Å²) in [5.41, 5.74) is 0.129. The van der Waals surface area contributed by atoms with Crippen LogP contribution in [0, 0.1) is 0 Å². The van der Waals surface area contributed by atoms with Crippen LogP contribution in [0.1, 0.15) is 45.0 Å². The molecule has 138 valence electrons. The van der Waals surface area contributed by atoms with E-state index in [0.717, 1.165) is 43.8 Å². The predicted octanol–water partition coefficient (Wildman–Crippen LogP) is 1.01. The Kier molecular flexibility index (Phi) is 6.30. The maximum Gasteiger partial charge on any atom is 0.309 e. The number of rotatable bonds is 6. The van der Waals surface area contributed by atoms with Crippen molar-refractivity contribution in [1.29, 1.82) is 0 Å². The zero-order valence-electron chi connectivity index (χ0n) is 16.2. The van der Waals surface area contributed by atoms with Crippen molar-refractivity contribution in [3.05, 3.63) is 29.8 Å². The number of amides is 1. The number of aliphatic hydroxyl groups is 1. The van der Waals surface area contributed by atoms with Crippen LogP contribution in [0.5, 0.6) is 0 Å². The van der Waals surface area contributed by atoms with Crippen molar-refractivity contribution >= 4 is 18.9 Å². The lowest BCUT2D eigenvalue weighted by Crippen LogP contribution is -2.49. The summed E-state index contributed by atoms with van der Waals surface area (Å²) in [6.45, 7) is 13.9. The van der Waals surface area contributed by atoms with Crippen molar-refractivity contribution in [1.82, 2.24) is 9.80 Å². The molecule has 1 aromatic rings. The molecule has 2 rings (SSSR count). The molecule has 6 heteroatoms. The van der Waals surface area contributed by atoms with E-state index in [2.05, 4.69) is 11.8 Å². The standard InChI is InChI=1S/C19H31BN2O3/c1-6-21-11-13-22(14-12-21)17(23)15-7-9-16(10-8-15)20-25-19(4,5)18(2,3)24/h7-10,20,24H,6,11-14H2,1-5H3. The van der Waals surface area contributed by atoms with Crippen LogP contribution in [0.15, 0.2) is 24.3 Å². The summed E-state index contributed by atoms with van der Waals surface area (Å²) < 4.78 is 5.87. The molecule has 0 radical (unpaired) electrons. The minimum Gasteiger partial charge on any atom is -0.427 e. The number of carbonyl (C=O) groups is 1. The molecule has 1 aliphatic rings. The number of carbonyl (C=O) groups excluding carboxylic acids is 1. The zero-order chi connectivity index (χ0) is 18.7. The van der Waals surface area contributed by atoms with E-state index >= 15 is 0 Å². The molecule has 0 saturated carbocycles. The van der Waals surface area contributed by atoms with Crippen molar-refractivity contribution in [2.75, 3.05) is 32.7 Å². The van der Waals surface area contributed by atoms with Gasteiger partial charge in [0.05, 0.1) is 11.2 Å². The smallest absolute Gasteiger partial charge is 0.309 e. The van der Waals surface area contributed by atoms with Crippen LogP contribution < -0.4 is 5.46 Å². The van der Waals surface area contributed by atoms with Crippen LogP contribution in [0.3, 0.4) is 0 Å². The first-order chi connectivity index (χ1) is 11.6. The Morgan fingerprint density at radius 3 is 2.16 bits per heavy atom. The van der Waals surface area contributed by atoms with Gasteiger partial charge in [0.1, 0.15) is 0 Å². The number of hydrogen-bond donors (Lipinski definition) is 1. The summed E-state index contributed by atoms with van der Waals surface area (Å²) in [7, 11) is 0.403. The van der Waals surface area contributed by atoms with E-state index in [0.29, 0.717) is 7.48 Å². The summed E-state index contributed by atoms with van der Waals surface area (Å²) >= 11 is 0. The van der Waals surface area contributed by atoms with Crippen LogP contribution in [0.2, 0.25) is 0 Å². The number of piperazine rings is 1. The second kappa shape index (κ2) is 7.89. The molecule has 0 aromatic heterocycles. The minimum atomic E-state index is -0.927. The van der Waals surface area contributed by atoms with E-state index in [9.17, 15) is 9.90 Å². The first kappa shape index (κ1) is 20.0. The van der Waals surface area contributed by atoms with E-state index in [1.54, 1.807) is 13.8 Å². The van der Waals surface area contributed by atoms with Gasteiger partial charge in [-0.25, -0.2) is 0 Å². The van der Waals surface area contributed by atoms with Crippen molar-refractivity contribution in [3.63, 3.8) is 0 Å². The molecule has 1 saturated heterocycles. The van der Waals surface area contributed by atoms with Crippen LogP contribution in [0.4, 0.5) is 0 Å². The summed E-state index contributed by atoms with van der Waals surface area (Å²) in [5, 5.41) is 10.1. The highest BCUT2D eigenvalue weighted by molar-refractivity contribution is 6.47. The van der Waals surface area contributed by atoms with Gasteiger partial charge >= 0.3 is 7.48 Å². The second-order valence-corrected chi connectivity index (χ2v) is 7.78. The number of benzene rings is 1. The van der Waals surface area contributed by atoms with Crippen molar-refractivity contribution in [2.45, 2.75) is 45.8 Å². The van der Waals surface area contributed by atoms with E-state index in [-0.39, 0.29) is 5.91 Å². The van der Waals surface area contributed by atoms with Gasteiger partial charge in [-0.2, -0.15) is 0 Å². The highest BCUT2D eigenvalue weighted by atomic mass is 16.5. The molecule has 1 aromatic carbocycles. The summed E-state index contributed by atoms with van der Waals surface area (Å²) in [5.74, 6) is 0.0973. The van der Waals surface area contributed by atoms with Gasteiger partial charge in [-0.05, 0) is 46.4 Å². The topological polar surface area (TPSA) is 53.0 Å². The fraction of sp³-hybridized carbons (Fsp3) is 0.632. The molecular formula is C19H31BN2O3. The molecule has 1 amide bonds. The highest BCUT2D eigenvalue weighted by Crippen LogP contribution is 2.24. The molecule has 0 bridgehead atoms. The van der Waals surface area contributed by atoms with E-state index < -0.39 is 11.2 Å². The lowest BCUT2D eigenvalue weighted by molar-refractivity contribution is -0.0893. The lowest BCUT2D eigenvalue weighted by atomic mass is 9.82. The quantitative estimate of drug-likeness (QED) is 0.781. The van der Waals surface area contributed by atoms with Crippen LogP contribution in [0.25, 0.3) is 0 Å². The van der Waals surface area contributed by atoms with Crippen LogP contribution in [-0.4, -0.2) is 72.2 Å². The monoisotopic (exact) mass is 346 g/mol. The molecule has 1 aliphatic heterocycles. The normalized spacial score (nSPS) is 16.8. The van der Waals surface area contributed by atoms with E-state index in [1.165, 1.54) is 0 Å². The molecule has 0 unspecified atom stereocenters. The summed E-state index contributed by atoms with van der Waals surface area (Å²) in [6, 6.07) is 7.58. The fourth-order valence-corrected chi connectivity index (χ4v) is 2.63. The number of hydrogen-bond acceptors (Lipinski definition) is 4. The van der Waals surface area contributed by atoms with Crippen molar-refractivity contribution in [3.8, 4) is 0 Å². The molecule has 1 fully saturated rings. The third-order valence-corrected chi connectivity index (χ3v) is 5.38. The van der Waals surface area contributed by atoms with Gasteiger partial charge in [0.25, 0.3) is 5.91 Å². The van der Waals surface area contributed by atoms with Gasteiger partial charge in [-0.15, -0.1) is 0 Å². The Balaban J connectivity index is 1.92. The summed E-state index contributed by atoms with van der Waals surface area (Å²) in [4.78, 5) is 16.9. The van der Waals surface area contributed by atoms with E-state index in [1.807, 2.05) is 43.0 Å².